The zero-order chi connectivity index (χ0) is 17.6. The Balaban J connectivity index is 2.84. The van der Waals surface area contributed by atoms with Gasteiger partial charge in [-0.15, -0.1) is 0 Å². The Bertz CT molecular complexity index is 566. The zero-order valence-electron chi connectivity index (χ0n) is 13.7. The van der Waals surface area contributed by atoms with Crippen LogP contribution >= 0.6 is 0 Å². The predicted octanol–water partition coefficient (Wildman–Crippen LogP) is 2.02. The van der Waals surface area contributed by atoms with Gasteiger partial charge in [0, 0.05) is 5.69 Å². The number of hydrogen-bond acceptors (Lipinski definition) is 4. The Kier molecular flexibility index (Phi) is 6.12. The molecule has 0 unspecified atom stereocenters. The lowest BCUT2D eigenvalue weighted by atomic mass is 10.2. The van der Waals surface area contributed by atoms with Gasteiger partial charge in [0.1, 0.15) is 18.2 Å². The summed E-state index contributed by atoms with van der Waals surface area (Å²) in [5.74, 6) is -1.68. The molecule has 0 spiro atoms. The Morgan fingerprint density at radius 1 is 1.22 bits per heavy atom. The van der Waals surface area contributed by atoms with E-state index in [0.717, 1.165) is 4.90 Å². The molecule has 7 nitrogen and oxygen atoms in total. The number of carbonyl (C=O) groups is 3. The molecule has 2 amide bonds. The molecular formula is C16H22N2O5. The normalized spacial score (nSPS) is 12.2. The fourth-order valence-electron chi connectivity index (χ4n) is 1.82. The fourth-order valence-corrected chi connectivity index (χ4v) is 1.82. The van der Waals surface area contributed by atoms with Gasteiger partial charge in [0.25, 0.3) is 0 Å². The van der Waals surface area contributed by atoms with Crippen molar-refractivity contribution in [2.24, 2.45) is 0 Å². The second kappa shape index (κ2) is 7.62. The van der Waals surface area contributed by atoms with Crippen molar-refractivity contribution in [3.05, 3.63) is 30.3 Å². The van der Waals surface area contributed by atoms with Gasteiger partial charge >= 0.3 is 12.1 Å². The first-order chi connectivity index (χ1) is 10.6. The first-order valence-electron chi connectivity index (χ1n) is 7.18. The SMILES string of the molecule is C[C@H](NC(=O)OC(C)(C)C)C(=O)N(CC(=O)O)c1ccccc1. The van der Waals surface area contributed by atoms with Crippen molar-refractivity contribution >= 4 is 23.7 Å². The van der Waals surface area contributed by atoms with Crippen LogP contribution in [0.1, 0.15) is 27.7 Å². The monoisotopic (exact) mass is 322 g/mol. The number of para-hydroxylation sites is 1. The molecule has 0 radical (unpaired) electrons. The number of aliphatic carboxylic acids is 1. The number of nitrogens with zero attached hydrogens (tertiary/aromatic N) is 1. The van der Waals surface area contributed by atoms with E-state index in [1.165, 1.54) is 6.92 Å². The van der Waals surface area contributed by atoms with Gasteiger partial charge in [-0.3, -0.25) is 14.5 Å². The van der Waals surface area contributed by atoms with Crippen LogP contribution in [0.4, 0.5) is 10.5 Å². The Hall–Kier alpha value is -2.57. The lowest BCUT2D eigenvalue weighted by Crippen LogP contribution is -2.49. The van der Waals surface area contributed by atoms with E-state index >= 15 is 0 Å². The van der Waals surface area contributed by atoms with E-state index in [2.05, 4.69) is 5.32 Å². The number of rotatable bonds is 5. The van der Waals surface area contributed by atoms with Gasteiger partial charge < -0.3 is 15.2 Å². The summed E-state index contributed by atoms with van der Waals surface area (Å²) in [7, 11) is 0. The van der Waals surface area contributed by atoms with Crippen molar-refractivity contribution in [3.63, 3.8) is 0 Å². The van der Waals surface area contributed by atoms with Crippen LogP contribution in [0, 0.1) is 0 Å². The van der Waals surface area contributed by atoms with E-state index in [1.54, 1.807) is 51.1 Å². The van der Waals surface area contributed by atoms with E-state index in [1.807, 2.05) is 0 Å². The molecule has 126 valence electrons. The van der Waals surface area contributed by atoms with Gasteiger partial charge in [0.05, 0.1) is 0 Å². The number of nitrogens with one attached hydrogen (secondary N) is 1. The molecule has 0 aliphatic heterocycles. The summed E-state index contributed by atoms with van der Waals surface area (Å²) in [5.41, 5.74) is -0.245. The third-order valence-electron chi connectivity index (χ3n) is 2.73. The minimum absolute atomic E-state index is 0.442. The molecule has 1 aromatic carbocycles. The molecular weight excluding hydrogens is 300 g/mol. The molecule has 0 saturated carbocycles. The first-order valence-corrected chi connectivity index (χ1v) is 7.18. The van der Waals surface area contributed by atoms with E-state index in [0.29, 0.717) is 5.69 Å². The molecule has 0 fully saturated rings. The summed E-state index contributed by atoms with van der Waals surface area (Å²) in [4.78, 5) is 36.3. The van der Waals surface area contributed by atoms with Crippen LogP contribution in [-0.2, 0) is 14.3 Å². The molecule has 0 saturated heterocycles. The molecule has 1 atom stereocenters. The highest BCUT2D eigenvalue weighted by Crippen LogP contribution is 2.15. The third kappa shape index (κ3) is 6.37. The number of amides is 2. The van der Waals surface area contributed by atoms with Crippen molar-refractivity contribution in [2.45, 2.75) is 39.3 Å². The summed E-state index contributed by atoms with van der Waals surface area (Å²) < 4.78 is 5.09. The maximum absolute atomic E-state index is 12.5. The number of ether oxygens (including phenoxy) is 1. The summed E-state index contributed by atoms with van der Waals surface area (Å²) in [6.07, 6.45) is -0.735. The quantitative estimate of drug-likeness (QED) is 0.864. The van der Waals surface area contributed by atoms with E-state index in [9.17, 15) is 14.4 Å². The number of carboxylic acids is 1. The van der Waals surface area contributed by atoms with Crippen LogP contribution in [0.5, 0.6) is 0 Å². The van der Waals surface area contributed by atoms with Gasteiger partial charge in [0.2, 0.25) is 5.91 Å². The number of benzene rings is 1. The van der Waals surface area contributed by atoms with Crippen LogP contribution in [-0.4, -0.2) is 41.3 Å². The summed E-state index contributed by atoms with van der Waals surface area (Å²) in [6, 6.07) is 7.48. The predicted molar refractivity (Wildman–Crippen MR) is 85.3 cm³/mol. The topological polar surface area (TPSA) is 95.9 Å². The van der Waals surface area contributed by atoms with E-state index < -0.39 is 36.2 Å². The van der Waals surface area contributed by atoms with Crippen LogP contribution in [0.15, 0.2) is 30.3 Å². The van der Waals surface area contributed by atoms with Crippen LogP contribution in [0.2, 0.25) is 0 Å². The van der Waals surface area contributed by atoms with Gasteiger partial charge in [-0.2, -0.15) is 0 Å². The maximum Gasteiger partial charge on any atom is 0.408 e. The average Bonchev–Trinajstić information content (AvgIpc) is 2.42. The van der Waals surface area contributed by atoms with Crippen molar-refractivity contribution in [1.29, 1.82) is 0 Å². The van der Waals surface area contributed by atoms with Crippen LogP contribution in [0.3, 0.4) is 0 Å². The molecule has 7 heteroatoms. The van der Waals surface area contributed by atoms with Crippen molar-refractivity contribution in [2.75, 3.05) is 11.4 Å². The summed E-state index contributed by atoms with van der Waals surface area (Å²) >= 11 is 0. The molecule has 0 aliphatic rings. The minimum atomic E-state index is -1.15. The fraction of sp³-hybridized carbons (Fsp3) is 0.438. The number of carboxylic acid groups (broad SMARTS) is 1. The second-order valence-electron chi connectivity index (χ2n) is 6.02. The molecule has 0 bridgehead atoms. The van der Waals surface area contributed by atoms with Crippen molar-refractivity contribution in [1.82, 2.24) is 5.32 Å². The summed E-state index contributed by atoms with van der Waals surface area (Å²) in [5, 5.41) is 11.4. The van der Waals surface area contributed by atoms with Crippen molar-refractivity contribution < 1.29 is 24.2 Å². The molecule has 1 aromatic rings. The standard InChI is InChI=1S/C16H22N2O5/c1-11(17-15(22)23-16(2,3)4)14(21)18(10-13(19)20)12-8-6-5-7-9-12/h5-9,11H,10H2,1-4H3,(H,17,22)(H,19,20)/t11-/m0/s1. The largest absolute Gasteiger partial charge is 0.480 e. The summed E-state index contributed by atoms with van der Waals surface area (Å²) in [6.45, 7) is 6.10. The lowest BCUT2D eigenvalue weighted by molar-refractivity contribution is -0.136. The molecule has 23 heavy (non-hydrogen) atoms. The number of alkyl carbamates (subject to hydrolysis) is 1. The molecule has 2 N–H and O–H groups in total. The molecule has 0 heterocycles. The Morgan fingerprint density at radius 3 is 2.26 bits per heavy atom. The minimum Gasteiger partial charge on any atom is -0.480 e. The van der Waals surface area contributed by atoms with Gasteiger partial charge in [-0.25, -0.2) is 4.79 Å². The number of carbonyl (C=O) groups excluding carboxylic acids is 2. The first kappa shape index (κ1) is 18.5. The van der Waals surface area contributed by atoms with Gasteiger partial charge in [-0.1, -0.05) is 18.2 Å². The Labute approximate surface area is 135 Å². The van der Waals surface area contributed by atoms with Gasteiger partial charge in [0.15, 0.2) is 0 Å². The average molecular weight is 322 g/mol. The molecule has 0 aliphatic carbocycles. The maximum atomic E-state index is 12.5. The second-order valence-corrected chi connectivity index (χ2v) is 6.02. The van der Waals surface area contributed by atoms with E-state index in [-0.39, 0.29) is 0 Å². The molecule has 1 rings (SSSR count). The number of anilines is 1. The van der Waals surface area contributed by atoms with Crippen LogP contribution < -0.4 is 10.2 Å². The number of hydrogen-bond donors (Lipinski definition) is 2. The zero-order valence-corrected chi connectivity index (χ0v) is 13.7. The highest BCUT2D eigenvalue weighted by Gasteiger charge is 2.26. The molecule has 0 aromatic heterocycles. The van der Waals surface area contributed by atoms with E-state index in [4.69, 9.17) is 9.84 Å². The highest BCUT2D eigenvalue weighted by atomic mass is 16.6. The van der Waals surface area contributed by atoms with Crippen molar-refractivity contribution in [3.8, 4) is 0 Å². The smallest absolute Gasteiger partial charge is 0.408 e. The lowest BCUT2D eigenvalue weighted by Gasteiger charge is -2.26. The Morgan fingerprint density at radius 2 is 1.78 bits per heavy atom. The van der Waals surface area contributed by atoms with Crippen LogP contribution in [0.25, 0.3) is 0 Å². The highest BCUT2D eigenvalue weighted by molar-refractivity contribution is 6.01. The van der Waals surface area contributed by atoms with Gasteiger partial charge in [-0.05, 0) is 39.8 Å². The third-order valence-corrected chi connectivity index (χ3v) is 2.73.